The Balaban J connectivity index is 1.87. The number of rotatable bonds is 7. The number of ether oxygens (including phenoxy) is 2. The van der Waals surface area contributed by atoms with E-state index in [4.69, 9.17) is 9.47 Å². The molecule has 2 aromatic carbocycles. The first kappa shape index (κ1) is 20.2. The Hall–Kier alpha value is -2.51. The van der Waals surface area contributed by atoms with Gasteiger partial charge in [-0.3, -0.25) is 9.59 Å². The van der Waals surface area contributed by atoms with Crippen LogP contribution in [0, 0.1) is 0 Å². The van der Waals surface area contributed by atoms with Gasteiger partial charge >= 0.3 is 0 Å². The molecule has 28 heavy (non-hydrogen) atoms. The highest BCUT2D eigenvalue weighted by molar-refractivity contribution is 7.99. The van der Waals surface area contributed by atoms with Crippen LogP contribution in [0.2, 0.25) is 0 Å². The van der Waals surface area contributed by atoms with E-state index in [1.54, 1.807) is 55.1 Å². The number of carbonyl (C=O) groups excluding carboxylic acids is 2. The topological polar surface area (TPSA) is 67.9 Å². The Kier molecular flexibility index (Phi) is 6.95. The van der Waals surface area contributed by atoms with Gasteiger partial charge in [0, 0.05) is 25.0 Å². The van der Waals surface area contributed by atoms with Gasteiger partial charge in [0.25, 0.3) is 5.91 Å². The van der Waals surface area contributed by atoms with E-state index in [1.807, 2.05) is 30.3 Å². The van der Waals surface area contributed by atoms with E-state index in [0.29, 0.717) is 30.2 Å². The van der Waals surface area contributed by atoms with Crippen LogP contribution in [0.4, 0.5) is 0 Å². The fraction of sp³-hybridized carbons (Fsp3) is 0.333. The van der Waals surface area contributed by atoms with Gasteiger partial charge in [-0.15, -0.1) is 11.8 Å². The van der Waals surface area contributed by atoms with Gasteiger partial charge in [-0.05, 0) is 29.8 Å². The van der Waals surface area contributed by atoms with E-state index in [9.17, 15) is 9.59 Å². The predicted molar refractivity (Wildman–Crippen MR) is 109 cm³/mol. The number of methoxy groups -OCH3 is 2. The van der Waals surface area contributed by atoms with Crippen LogP contribution < -0.4 is 10.1 Å². The third kappa shape index (κ3) is 4.48. The number of thioether (sulfide) groups is 1. The van der Waals surface area contributed by atoms with E-state index in [0.717, 1.165) is 5.56 Å². The van der Waals surface area contributed by atoms with Crippen LogP contribution in [0.1, 0.15) is 21.3 Å². The van der Waals surface area contributed by atoms with Gasteiger partial charge in [-0.25, -0.2) is 0 Å². The highest BCUT2D eigenvalue weighted by Gasteiger charge is 2.42. The third-order valence-corrected chi connectivity index (χ3v) is 5.89. The standard InChI is InChI=1S/C21H24N2O4S/c1-26-13-12-22-19(24)18-14-28-21(16-6-4-3-5-7-16)23(18)20(25)15-8-10-17(27-2)11-9-15/h3-11,18,21H,12-14H2,1-2H3,(H,22,24). The van der Waals surface area contributed by atoms with Crippen molar-refractivity contribution in [3.05, 3.63) is 65.7 Å². The molecule has 1 fully saturated rings. The van der Waals surface area contributed by atoms with Crippen molar-refractivity contribution in [1.82, 2.24) is 10.2 Å². The first-order valence-corrected chi connectivity index (χ1v) is 10.1. The number of carbonyl (C=O) groups is 2. The first-order chi connectivity index (χ1) is 13.7. The van der Waals surface area contributed by atoms with E-state index >= 15 is 0 Å². The molecule has 7 heteroatoms. The van der Waals surface area contributed by atoms with Crippen molar-refractivity contribution in [1.29, 1.82) is 0 Å². The average Bonchev–Trinajstić information content (AvgIpc) is 3.19. The molecule has 1 heterocycles. The summed E-state index contributed by atoms with van der Waals surface area (Å²) in [6, 6.07) is 16.2. The SMILES string of the molecule is COCCNC(=O)C1CSC(c2ccccc2)N1C(=O)c1ccc(OC)cc1. The number of hydrogen-bond acceptors (Lipinski definition) is 5. The third-order valence-electron chi connectivity index (χ3n) is 4.56. The minimum Gasteiger partial charge on any atom is -0.497 e. The molecule has 2 aromatic rings. The number of nitrogens with zero attached hydrogens (tertiary/aromatic N) is 1. The highest BCUT2D eigenvalue weighted by Crippen LogP contribution is 2.42. The summed E-state index contributed by atoms with van der Waals surface area (Å²) >= 11 is 1.60. The molecule has 1 aliphatic heterocycles. The molecular formula is C21H24N2O4S. The minimum atomic E-state index is -0.540. The van der Waals surface area contributed by atoms with Crippen molar-refractivity contribution in [2.45, 2.75) is 11.4 Å². The normalized spacial score (nSPS) is 18.7. The van der Waals surface area contributed by atoms with Crippen LogP contribution in [0.15, 0.2) is 54.6 Å². The molecule has 0 bridgehead atoms. The molecule has 0 spiro atoms. The summed E-state index contributed by atoms with van der Waals surface area (Å²) in [5, 5.41) is 2.65. The van der Waals surface area contributed by atoms with Crippen molar-refractivity contribution in [2.24, 2.45) is 0 Å². The lowest BCUT2D eigenvalue weighted by atomic mass is 10.1. The second-order valence-corrected chi connectivity index (χ2v) is 7.45. The quantitative estimate of drug-likeness (QED) is 0.724. The summed E-state index contributed by atoms with van der Waals surface area (Å²) in [7, 11) is 3.17. The fourth-order valence-electron chi connectivity index (χ4n) is 3.11. The Morgan fingerprint density at radius 1 is 1.11 bits per heavy atom. The summed E-state index contributed by atoms with van der Waals surface area (Å²) in [5.41, 5.74) is 1.53. The van der Waals surface area contributed by atoms with Gasteiger partial charge in [0.1, 0.15) is 17.2 Å². The van der Waals surface area contributed by atoms with E-state index in [1.165, 1.54) is 0 Å². The van der Waals surface area contributed by atoms with Crippen LogP contribution in [0.5, 0.6) is 5.75 Å². The maximum absolute atomic E-state index is 13.3. The Bertz CT molecular complexity index is 798. The van der Waals surface area contributed by atoms with Crippen LogP contribution in [0.3, 0.4) is 0 Å². The Morgan fingerprint density at radius 3 is 2.46 bits per heavy atom. The lowest BCUT2D eigenvalue weighted by Gasteiger charge is -2.29. The second-order valence-electron chi connectivity index (χ2n) is 6.34. The molecule has 0 aromatic heterocycles. The average molecular weight is 401 g/mol. The zero-order valence-corrected chi connectivity index (χ0v) is 16.8. The van der Waals surface area contributed by atoms with Crippen LogP contribution in [-0.2, 0) is 9.53 Å². The number of nitrogens with one attached hydrogen (secondary N) is 1. The molecule has 2 atom stereocenters. The molecule has 2 unspecified atom stereocenters. The zero-order valence-electron chi connectivity index (χ0n) is 16.0. The summed E-state index contributed by atoms with van der Waals surface area (Å²) in [6.45, 7) is 0.844. The lowest BCUT2D eigenvalue weighted by Crippen LogP contribution is -2.48. The van der Waals surface area contributed by atoms with Crippen molar-refractivity contribution in [3.63, 3.8) is 0 Å². The Labute approximate surface area is 169 Å². The molecule has 1 N–H and O–H groups in total. The lowest BCUT2D eigenvalue weighted by molar-refractivity contribution is -0.125. The maximum Gasteiger partial charge on any atom is 0.255 e. The largest absolute Gasteiger partial charge is 0.497 e. The van der Waals surface area contributed by atoms with Gasteiger partial charge < -0.3 is 19.7 Å². The fourth-order valence-corrected chi connectivity index (χ4v) is 4.54. The number of amides is 2. The molecule has 2 amide bonds. The molecule has 1 aliphatic rings. The monoisotopic (exact) mass is 400 g/mol. The molecule has 1 saturated heterocycles. The Morgan fingerprint density at radius 2 is 1.82 bits per heavy atom. The summed E-state index contributed by atoms with van der Waals surface area (Å²) in [4.78, 5) is 27.8. The van der Waals surface area contributed by atoms with Gasteiger partial charge in [-0.1, -0.05) is 30.3 Å². The van der Waals surface area contributed by atoms with Crippen LogP contribution >= 0.6 is 11.8 Å². The van der Waals surface area contributed by atoms with Crippen molar-refractivity contribution >= 4 is 23.6 Å². The molecule has 148 valence electrons. The minimum absolute atomic E-state index is 0.162. The van der Waals surface area contributed by atoms with Crippen molar-refractivity contribution < 1.29 is 19.1 Å². The smallest absolute Gasteiger partial charge is 0.255 e. The molecule has 0 aliphatic carbocycles. The maximum atomic E-state index is 13.3. The van der Waals surface area contributed by atoms with E-state index in [-0.39, 0.29) is 17.2 Å². The van der Waals surface area contributed by atoms with Crippen molar-refractivity contribution in [2.75, 3.05) is 33.1 Å². The van der Waals surface area contributed by atoms with Gasteiger partial charge in [-0.2, -0.15) is 0 Å². The van der Waals surface area contributed by atoms with Gasteiger partial charge in [0.05, 0.1) is 13.7 Å². The van der Waals surface area contributed by atoms with Crippen LogP contribution in [0.25, 0.3) is 0 Å². The van der Waals surface area contributed by atoms with E-state index < -0.39 is 6.04 Å². The molecule has 6 nitrogen and oxygen atoms in total. The summed E-state index contributed by atoms with van der Waals surface area (Å²) in [6.07, 6.45) is 0. The first-order valence-electron chi connectivity index (χ1n) is 9.05. The molecule has 3 rings (SSSR count). The summed E-state index contributed by atoms with van der Waals surface area (Å²) < 4.78 is 10.2. The highest BCUT2D eigenvalue weighted by atomic mass is 32.2. The number of hydrogen-bond donors (Lipinski definition) is 1. The van der Waals surface area contributed by atoms with Gasteiger partial charge in [0.15, 0.2) is 0 Å². The number of benzene rings is 2. The van der Waals surface area contributed by atoms with E-state index in [2.05, 4.69) is 5.32 Å². The summed E-state index contributed by atoms with van der Waals surface area (Å²) in [5.74, 6) is 0.888. The van der Waals surface area contributed by atoms with Crippen LogP contribution in [-0.4, -0.2) is 55.9 Å². The zero-order chi connectivity index (χ0) is 19.9. The second kappa shape index (κ2) is 9.61. The molecular weight excluding hydrogens is 376 g/mol. The van der Waals surface area contributed by atoms with Gasteiger partial charge in [0.2, 0.25) is 5.91 Å². The predicted octanol–water partition coefficient (Wildman–Crippen LogP) is 2.71. The van der Waals surface area contributed by atoms with Crippen molar-refractivity contribution in [3.8, 4) is 5.75 Å². The molecule has 0 radical (unpaired) electrons. The molecule has 0 saturated carbocycles.